The molecule has 0 aromatic heterocycles. The van der Waals surface area contributed by atoms with Crippen LogP contribution < -0.4 is 5.32 Å². The van der Waals surface area contributed by atoms with Crippen LogP contribution in [-0.4, -0.2) is 7.05 Å². The maximum absolute atomic E-state index is 12.9. The first-order chi connectivity index (χ1) is 6.72. The Balaban J connectivity index is 3.14. The zero-order valence-corrected chi connectivity index (χ0v) is 7.58. The van der Waals surface area contributed by atoms with E-state index in [2.05, 4.69) is 5.32 Å². The molecular weight excluding hydrogens is 181 g/mol. The molecular formula is C10H8FN3. The van der Waals surface area contributed by atoms with E-state index in [1.165, 1.54) is 18.2 Å². The summed E-state index contributed by atoms with van der Waals surface area (Å²) in [6, 6.07) is 7.26. The fraction of sp³-hybridized carbons (Fsp3) is 0.200. The van der Waals surface area contributed by atoms with Gasteiger partial charge in [-0.25, -0.2) is 4.39 Å². The van der Waals surface area contributed by atoms with Crippen LogP contribution in [0.15, 0.2) is 18.2 Å². The van der Waals surface area contributed by atoms with Gasteiger partial charge in [-0.15, -0.1) is 0 Å². The molecule has 0 amide bonds. The molecule has 0 bridgehead atoms. The fourth-order valence-electron chi connectivity index (χ4n) is 1.11. The summed E-state index contributed by atoms with van der Waals surface area (Å²) < 4.78 is 12.9. The van der Waals surface area contributed by atoms with Gasteiger partial charge in [0, 0.05) is 0 Å². The quantitative estimate of drug-likeness (QED) is 0.766. The first-order valence-electron chi connectivity index (χ1n) is 3.99. The van der Waals surface area contributed by atoms with E-state index < -0.39 is 11.9 Å². The molecule has 1 rings (SSSR count). The van der Waals surface area contributed by atoms with Crippen LogP contribution in [0.25, 0.3) is 0 Å². The monoisotopic (exact) mass is 189 g/mol. The lowest BCUT2D eigenvalue weighted by Crippen LogP contribution is -2.14. The molecule has 0 fully saturated rings. The normalized spacial score (nSPS) is 11.4. The Morgan fingerprint density at radius 3 is 2.64 bits per heavy atom. The standard InChI is InChI=1S/C10H8FN3/c1-14-10(6-13)7-2-3-9(11)8(4-7)5-12/h2-4,10,14H,1H3. The van der Waals surface area contributed by atoms with Crippen LogP contribution in [0.1, 0.15) is 17.2 Å². The topological polar surface area (TPSA) is 59.6 Å². The van der Waals surface area contributed by atoms with Gasteiger partial charge in [-0.2, -0.15) is 10.5 Å². The van der Waals surface area contributed by atoms with Gasteiger partial charge < -0.3 is 5.32 Å². The average Bonchev–Trinajstić information content (AvgIpc) is 2.22. The zero-order chi connectivity index (χ0) is 10.6. The molecule has 14 heavy (non-hydrogen) atoms. The fourth-order valence-corrected chi connectivity index (χ4v) is 1.11. The molecule has 0 aliphatic carbocycles. The van der Waals surface area contributed by atoms with Gasteiger partial charge in [-0.1, -0.05) is 6.07 Å². The second kappa shape index (κ2) is 4.36. The van der Waals surface area contributed by atoms with Crippen LogP contribution in [0, 0.1) is 28.5 Å². The Kier molecular flexibility index (Phi) is 3.17. The average molecular weight is 189 g/mol. The van der Waals surface area contributed by atoms with Crippen molar-refractivity contribution < 1.29 is 4.39 Å². The highest BCUT2D eigenvalue weighted by atomic mass is 19.1. The molecule has 0 aliphatic heterocycles. The minimum absolute atomic E-state index is 0.0435. The molecule has 4 heteroatoms. The molecule has 0 spiro atoms. The predicted octanol–water partition coefficient (Wildman–Crippen LogP) is 1.48. The summed E-state index contributed by atoms with van der Waals surface area (Å²) in [7, 11) is 1.63. The molecule has 1 aromatic rings. The van der Waals surface area contributed by atoms with Crippen LogP contribution in [0.4, 0.5) is 4.39 Å². The number of nitrogens with one attached hydrogen (secondary N) is 1. The van der Waals surface area contributed by atoms with Crippen LogP contribution in [-0.2, 0) is 0 Å². The maximum Gasteiger partial charge on any atom is 0.140 e. The Morgan fingerprint density at radius 1 is 1.43 bits per heavy atom. The molecule has 1 atom stereocenters. The zero-order valence-electron chi connectivity index (χ0n) is 7.58. The second-order valence-corrected chi connectivity index (χ2v) is 2.70. The van der Waals surface area contributed by atoms with Crippen molar-refractivity contribution in [2.24, 2.45) is 0 Å². The molecule has 3 nitrogen and oxygen atoms in total. The van der Waals surface area contributed by atoms with Crippen LogP contribution in [0.5, 0.6) is 0 Å². The Labute approximate surface area is 81.4 Å². The third kappa shape index (κ3) is 1.87. The smallest absolute Gasteiger partial charge is 0.140 e. The SMILES string of the molecule is CNC(C#N)c1ccc(F)c(C#N)c1. The van der Waals surface area contributed by atoms with Gasteiger partial charge in [0.05, 0.1) is 11.6 Å². The minimum atomic E-state index is -0.566. The molecule has 0 radical (unpaired) electrons. The summed E-state index contributed by atoms with van der Waals surface area (Å²) in [5, 5.41) is 20.0. The van der Waals surface area contributed by atoms with Crippen LogP contribution in [0.3, 0.4) is 0 Å². The van der Waals surface area contributed by atoms with E-state index >= 15 is 0 Å². The molecule has 0 aliphatic rings. The van der Waals surface area contributed by atoms with Crippen molar-refractivity contribution in [1.29, 1.82) is 10.5 Å². The lowest BCUT2D eigenvalue weighted by Gasteiger charge is -2.07. The molecule has 1 unspecified atom stereocenters. The second-order valence-electron chi connectivity index (χ2n) is 2.70. The van der Waals surface area contributed by atoms with Gasteiger partial charge in [-0.05, 0) is 24.7 Å². The van der Waals surface area contributed by atoms with Crippen molar-refractivity contribution in [1.82, 2.24) is 5.32 Å². The number of hydrogen-bond donors (Lipinski definition) is 1. The Bertz CT molecular complexity index is 414. The Hall–Kier alpha value is -1.91. The summed E-state index contributed by atoms with van der Waals surface area (Å²) >= 11 is 0. The number of nitriles is 2. The van der Waals surface area contributed by atoms with Crippen molar-refractivity contribution in [2.45, 2.75) is 6.04 Å². The molecule has 70 valence electrons. The van der Waals surface area contributed by atoms with Gasteiger partial charge >= 0.3 is 0 Å². The number of halogens is 1. The van der Waals surface area contributed by atoms with Gasteiger partial charge in [0.25, 0.3) is 0 Å². The van der Waals surface area contributed by atoms with Gasteiger partial charge in [0.1, 0.15) is 17.9 Å². The van der Waals surface area contributed by atoms with E-state index in [1.54, 1.807) is 13.1 Å². The highest BCUT2D eigenvalue weighted by molar-refractivity contribution is 5.37. The summed E-state index contributed by atoms with van der Waals surface area (Å²) in [4.78, 5) is 0. The summed E-state index contributed by atoms with van der Waals surface area (Å²) in [5.41, 5.74) is 0.547. The number of rotatable bonds is 2. The lowest BCUT2D eigenvalue weighted by molar-refractivity contribution is 0.621. The highest BCUT2D eigenvalue weighted by Gasteiger charge is 2.10. The molecule has 1 N–H and O–H groups in total. The predicted molar refractivity (Wildman–Crippen MR) is 48.5 cm³/mol. The number of benzene rings is 1. The highest BCUT2D eigenvalue weighted by Crippen LogP contribution is 2.15. The number of hydrogen-bond acceptors (Lipinski definition) is 3. The first-order valence-corrected chi connectivity index (χ1v) is 3.99. The van der Waals surface area contributed by atoms with Crippen molar-refractivity contribution in [2.75, 3.05) is 7.05 Å². The molecule has 0 saturated heterocycles. The first kappa shape index (κ1) is 10.2. The molecule has 1 aromatic carbocycles. The van der Waals surface area contributed by atoms with Crippen molar-refractivity contribution >= 4 is 0 Å². The van der Waals surface area contributed by atoms with Crippen molar-refractivity contribution in [3.05, 3.63) is 35.1 Å². The van der Waals surface area contributed by atoms with Gasteiger partial charge in [0.2, 0.25) is 0 Å². The van der Waals surface area contributed by atoms with E-state index in [1.807, 2.05) is 6.07 Å². The largest absolute Gasteiger partial charge is 0.301 e. The van der Waals surface area contributed by atoms with E-state index in [0.717, 1.165) is 0 Å². The Morgan fingerprint density at radius 2 is 2.14 bits per heavy atom. The molecule has 0 heterocycles. The maximum atomic E-state index is 12.9. The summed E-state index contributed by atoms with van der Waals surface area (Å²) in [5.74, 6) is -0.566. The minimum Gasteiger partial charge on any atom is -0.301 e. The van der Waals surface area contributed by atoms with E-state index in [0.29, 0.717) is 5.56 Å². The third-order valence-electron chi connectivity index (χ3n) is 1.86. The van der Waals surface area contributed by atoms with E-state index in [-0.39, 0.29) is 5.56 Å². The lowest BCUT2D eigenvalue weighted by atomic mass is 10.1. The summed E-state index contributed by atoms with van der Waals surface area (Å²) in [6.45, 7) is 0. The van der Waals surface area contributed by atoms with Gasteiger partial charge in [-0.3, -0.25) is 0 Å². The number of nitrogens with zero attached hydrogens (tertiary/aromatic N) is 2. The van der Waals surface area contributed by atoms with Crippen LogP contribution >= 0.6 is 0 Å². The van der Waals surface area contributed by atoms with Gasteiger partial charge in [0.15, 0.2) is 0 Å². The van der Waals surface area contributed by atoms with Crippen LogP contribution in [0.2, 0.25) is 0 Å². The third-order valence-corrected chi connectivity index (χ3v) is 1.86. The van der Waals surface area contributed by atoms with E-state index in [9.17, 15) is 4.39 Å². The van der Waals surface area contributed by atoms with Crippen molar-refractivity contribution in [3.63, 3.8) is 0 Å². The van der Waals surface area contributed by atoms with E-state index in [4.69, 9.17) is 10.5 Å². The summed E-state index contributed by atoms with van der Waals surface area (Å²) in [6.07, 6.45) is 0. The van der Waals surface area contributed by atoms with Crippen molar-refractivity contribution in [3.8, 4) is 12.1 Å². The molecule has 0 saturated carbocycles.